The van der Waals surface area contributed by atoms with E-state index in [4.69, 9.17) is 8.92 Å². The highest BCUT2D eigenvalue weighted by molar-refractivity contribution is 7.86. The first-order valence-electron chi connectivity index (χ1n) is 9.91. The van der Waals surface area contributed by atoms with Gasteiger partial charge in [0.1, 0.15) is 5.75 Å². The lowest BCUT2D eigenvalue weighted by molar-refractivity contribution is 0.180. The zero-order valence-electron chi connectivity index (χ0n) is 16.3. The van der Waals surface area contributed by atoms with Crippen molar-refractivity contribution >= 4 is 22.4 Å². The van der Waals surface area contributed by atoms with Crippen LogP contribution < -0.4 is 4.74 Å². The van der Waals surface area contributed by atoms with Crippen molar-refractivity contribution in [3.8, 4) is 5.75 Å². The van der Waals surface area contributed by atoms with Crippen molar-refractivity contribution in [3.05, 3.63) is 113 Å². The standard InChI is InChI=1S/C25H17NO4S/c27-31(28,21-10-2-1-3-11-21)30-24-22-18(16-26-24)13-12-17-15-20-9-6-8-19-7-4-5-14-25(19,20)29-23(17)22/h1-16,24H. The van der Waals surface area contributed by atoms with E-state index in [0.717, 1.165) is 22.3 Å². The number of benzene rings is 2. The van der Waals surface area contributed by atoms with Crippen LogP contribution in [0.3, 0.4) is 0 Å². The van der Waals surface area contributed by atoms with Gasteiger partial charge in [0, 0.05) is 28.5 Å². The van der Waals surface area contributed by atoms with Crippen molar-refractivity contribution in [2.75, 3.05) is 0 Å². The third-order valence-corrected chi connectivity index (χ3v) is 7.09. The number of rotatable bonds is 3. The van der Waals surface area contributed by atoms with Crippen molar-refractivity contribution in [2.24, 2.45) is 4.99 Å². The van der Waals surface area contributed by atoms with Gasteiger partial charge in [0.05, 0.1) is 10.5 Å². The average Bonchev–Trinajstić information content (AvgIpc) is 3.19. The predicted molar refractivity (Wildman–Crippen MR) is 118 cm³/mol. The molecule has 2 aromatic carbocycles. The molecule has 0 saturated carbocycles. The summed E-state index contributed by atoms with van der Waals surface area (Å²) in [5, 5.41) is 0. The molecule has 152 valence electrons. The second-order valence-corrected chi connectivity index (χ2v) is 9.19. The monoisotopic (exact) mass is 427 g/mol. The normalized spacial score (nSPS) is 24.5. The third kappa shape index (κ3) is 2.72. The van der Waals surface area contributed by atoms with Gasteiger partial charge in [-0.2, -0.15) is 8.42 Å². The third-order valence-electron chi connectivity index (χ3n) is 5.81. The maximum Gasteiger partial charge on any atom is 0.299 e. The van der Waals surface area contributed by atoms with E-state index in [1.165, 1.54) is 12.1 Å². The van der Waals surface area contributed by atoms with Crippen LogP contribution in [0.5, 0.6) is 5.75 Å². The van der Waals surface area contributed by atoms with E-state index >= 15 is 0 Å². The van der Waals surface area contributed by atoms with Crippen molar-refractivity contribution in [3.63, 3.8) is 0 Å². The Morgan fingerprint density at radius 1 is 0.935 bits per heavy atom. The Labute approximate surface area is 180 Å². The molecular formula is C25H17NO4S. The van der Waals surface area contributed by atoms with Crippen LogP contribution in [-0.4, -0.2) is 20.2 Å². The van der Waals surface area contributed by atoms with Gasteiger partial charge < -0.3 is 4.74 Å². The summed E-state index contributed by atoms with van der Waals surface area (Å²) in [6.07, 6.45) is 16.7. The predicted octanol–water partition coefficient (Wildman–Crippen LogP) is 4.66. The molecule has 2 unspecified atom stereocenters. The number of allylic oxidation sites excluding steroid dienone is 4. The lowest BCUT2D eigenvalue weighted by Crippen LogP contribution is -2.41. The molecule has 6 heteroatoms. The molecule has 0 amide bonds. The Balaban J connectivity index is 1.45. The maximum atomic E-state index is 12.8. The first-order chi connectivity index (χ1) is 15.1. The SMILES string of the molecule is O=S(=O)(OC1N=Cc2ccc3c(c21)OC12C=CC=CC1=CC=CC2=C3)c1ccccc1. The molecule has 0 saturated heterocycles. The van der Waals surface area contributed by atoms with Crippen LogP contribution >= 0.6 is 0 Å². The van der Waals surface area contributed by atoms with Crippen molar-refractivity contribution < 1.29 is 17.3 Å². The maximum absolute atomic E-state index is 12.8. The first-order valence-corrected chi connectivity index (χ1v) is 11.3. The van der Waals surface area contributed by atoms with Gasteiger partial charge in [0.15, 0.2) is 11.8 Å². The van der Waals surface area contributed by atoms with E-state index in [2.05, 4.69) is 11.1 Å². The van der Waals surface area contributed by atoms with Crippen molar-refractivity contribution in [1.29, 1.82) is 0 Å². The summed E-state index contributed by atoms with van der Waals surface area (Å²) in [6.45, 7) is 0. The van der Waals surface area contributed by atoms with Crippen molar-refractivity contribution in [1.82, 2.24) is 0 Å². The molecule has 31 heavy (non-hydrogen) atoms. The van der Waals surface area contributed by atoms with Crippen LogP contribution in [-0.2, 0) is 14.3 Å². The number of nitrogens with zero attached hydrogens (tertiary/aromatic N) is 1. The lowest BCUT2D eigenvalue weighted by Gasteiger charge is -2.41. The molecule has 0 bridgehead atoms. The zero-order valence-corrected chi connectivity index (χ0v) is 17.1. The second-order valence-electron chi connectivity index (χ2n) is 7.62. The Morgan fingerprint density at radius 2 is 1.74 bits per heavy atom. The summed E-state index contributed by atoms with van der Waals surface area (Å²) in [7, 11) is -3.99. The molecule has 2 aromatic rings. The number of fused-ring (bicyclic) bond motifs is 3. The Bertz CT molecular complexity index is 1390. The molecule has 5 nitrogen and oxygen atoms in total. The number of ether oxygens (including phenoxy) is 1. The highest BCUT2D eigenvalue weighted by Crippen LogP contribution is 2.49. The van der Waals surface area contributed by atoms with E-state index in [-0.39, 0.29) is 4.90 Å². The van der Waals surface area contributed by atoms with Gasteiger partial charge in [-0.3, -0.25) is 4.99 Å². The minimum Gasteiger partial charge on any atom is -0.473 e. The molecule has 0 radical (unpaired) electrons. The molecule has 4 aliphatic rings. The number of aliphatic imine (C=N–C) groups is 1. The number of hydrogen-bond acceptors (Lipinski definition) is 5. The van der Waals surface area contributed by atoms with Crippen LogP contribution in [0.15, 0.2) is 106 Å². The molecule has 2 atom stereocenters. The van der Waals surface area contributed by atoms with E-state index < -0.39 is 21.9 Å². The summed E-state index contributed by atoms with van der Waals surface area (Å²) >= 11 is 0. The fourth-order valence-corrected chi connectivity index (χ4v) is 5.30. The molecule has 1 spiro atoms. The summed E-state index contributed by atoms with van der Waals surface area (Å²) in [5.41, 5.74) is 3.57. The van der Waals surface area contributed by atoms with Gasteiger partial charge in [-0.05, 0) is 24.3 Å². The van der Waals surface area contributed by atoms with E-state index in [1.54, 1.807) is 24.4 Å². The minimum atomic E-state index is -3.99. The molecule has 2 heterocycles. The van der Waals surface area contributed by atoms with Crippen LogP contribution in [0.1, 0.15) is 22.9 Å². The molecule has 0 aromatic heterocycles. The smallest absolute Gasteiger partial charge is 0.299 e. The molecule has 0 fully saturated rings. The quantitative estimate of drug-likeness (QED) is 0.669. The topological polar surface area (TPSA) is 65.0 Å². The van der Waals surface area contributed by atoms with Gasteiger partial charge in [-0.1, -0.05) is 66.8 Å². The Morgan fingerprint density at radius 3 is 2.61 bits per heavy atom. The average molecular weight is 427 g/mol. The van der Waals surface area contributed by atoms with Gasteiger partial charge in [0.2, 0.25) is 0 Å². The summed E-state index contributed by atoms with van der Waals surface area (Å²) in [4.78, 5) is 4.43. The van der Waals surface area contributed by atoms with Gasteiger partial charge in [-0.15, -0.1) is 0 Å². The van der Waals surface area contributed by atoms with Gasteiger partial charge in [-0.25, -0.2) is 4.18 Å². The van der Waals surface area contributed by atoms with Crippen molar-refractivity contribution in [2.45, 2.75) is 16.7 Å². The fourth-order valence-electron chi connectivity index (χ4n) is 4.31. The summed E-state index contributed by atoms with van der Waals surface area (Å²) in [5.74, 6) is 0.591. The fraction of sp³-hybridized carbons (Fsp3) is 0.0800. The molecular weight excluding hydrogens is 410 g/mol. The van der Waals surface area contributed by atoms with Crippen LogP contribution in [0.2, 0.25) is 0 Å². The van der Waals surface area contributed by atoms with E-state index in [1.807, 2.05) is 54.7 Å². The highest BCUT2D eigenvalue weighted by atomic mass is 32.2. The molecule has 2 aliphatic carbocycles. The summed E-state index contributed by atoms with van der Waals surface area (Å²) < 4.78 is 37.9. The second kappa shape index (κ2) is 6.51. The van der Waals surface area contributed by atoms with Gasteiger partial charge >= 0.3 is 0 Å². The summed E-state index contributed by atoms with van der Waals surface area (Å²) in [6, 6.07) is 12.0. The van der Waals surface area contributed by atoms with E-state index in [9.17, 15) is 8.42 Å². The van der Waals surface area contributed by atoms with E-state index in [0.29, 0.717) is 11.3 Å². The highest BCUT2D eigenvalue weighted by Gasteiger charge is 2.43. The largest absolute Gasteiger partial charge is 0.473 e. The van der Waals surface area contributed by atoms with Crippen LogP contribution in [0, 0.1) is 0 Å². The van der Waals surface area contributed by atoms with Crippen LogP contribution in [0.25, 0.3) is 6.08 Å². The zero-order chi connectivity index (χ0) is 21.1. The Hall–Kier alpha value is -3.48. The van der Waals surface area contributed by atoms with Gasteiger partial charge in [0.25, 0.3) is 10.1 Å². The molecule has 6 rings (SSSR count). The number of hydrogen-bond donors (Lipinski definition) is 0. The first kappa shape index (κ1) is 18.3. The minimum absolute atomic E-state index is 0.0909. The van der Waals surface area contributed by atoms with Crippen LogP contribution in [0.4, 0.5) is 0 Å². The molecule has 2 aliphatic heterocycles. The molecule has 0 N–H and O–H groups in total. The lowest BCUT2D eigenvalue weighted by atomic mass is 9.77. The Kier molecular flexibility index (Phi) is 3.84.